The number of carbonyl (C=O) groups is 1. The van der Waals surface area contributed by atoms with Gasteiger partial charge in [-0.05, 0) is 6.42 Å². The first-order valence-electron chi connectivity index (χ1n) is 5.41. The van der Waals surface area contributed by atoms with Gasteiger partial charge in [0.1, 0.15) is 12.4 Å². The van der Waals surface area contributed by atoms with Crippen molar-refractivity contribution >= 4 is 16.2 Å². The fourth-order valence-electron chi connectivity index (χ4n) is 1.70. The second-order valence-corrected chi connectivity index (χ2v) is 5.56. The minimum Gasteiger partial charge on any atom is -0.530 e. The molecule has 0 saturated carbocycles. The number of hydrogen-bond acceptors (Lipinski definition) is 7. The molecule has 2 heterocycles. The Hall–Kier alpha value is -2.11. The van der Waals surface area contributed by atoms with Crippen LogP contribution in [-0.4, -0.2) is 41.4 Å². The van der Waals surface area contributed by atoms with Gasteiger partial charge in [0.2, 0.25) is 5.88 Å². The second kappa shape index (κ2) is 5.02. The summed E-state index contributed by atoms with van der Waals surface area (Å²) in [6.07, 6.45) is -0.768. The third-order valence-electron chi connectivity index (χ3n) is 2.70. The molecule has 0 N–H and O–H groups in total. The predicted molar refractivity (Wildman–Crippen MR) is 57.1 cm³/mol. The molecule has 12 heteroatoms. The summed E-state index contributed by atoms with van der Waals surface area (Å²) in [5.74, 6) is -0.754. The Kier molecular flexibility index (Phi) is 3.65. The van der Waals surface area contributed by atoms with E-state index < -0.39 is 27.6 Å². The highest BCUT2D eigenvalue weighted by atomic mass is 32.2. The van der Waals surface area contributed by atoms with E-state index in [4.69, 9.17) is 0 Å². The van der Waals surface area contributed by atoms with Crippen LogP contribution in [0.15, 0.2) is 6.33 Å². The molecule has 0 radical (unpaired) electrons. The molecule has 1 aliphatic heterocycles. The standard InChI is InChI=1S/C9H8F3N3O5S/c10-9(11,12)21(18,19)20-7-5-1-2-15(8(16)17)3-6(5)13-4-14-7/h4H,1-3H2,(H,16,17)/p-1. The SMILES string of the molecule is O=C([O-])N1CCc2c(ncnc2OS(=O)(=O)C(F)(F)F)C1. The largest absolute Gasteiger partial charge is 0.534 e. The van der Waals surface area contributed by atoms with Gasteiger partial charge in [-0.25, -0.2) is 9.97 Å². The van der Waals surface area contributed by atoms with Crippen LogP contribution < -0.4 is 9.29 Å². The van der Waals surface area contributed by atoms with Crippen LogP contribution in [0.1, 0.15) is 11.3 Å². The molecule has 21 heavy (non-hydrogen) atoms. The average Bonchev–Trinajstić information content (AvgIpc) is 2.36. The number of amides is 1. The van der Waals surface area contributed by atoms with Crippen LogP contribution in [0.25, 0.3) is 0 Å². The summed E-state index contributed by atoms with van der Waals surface area (Å²) < 4.78 is 62.7. The normalized spacial score (nSPS) is 15.5. The van der Waals surface area contributed by atoms with Gasteiger partial charge >= 0.3 is 15.6 Å². The van der Waals surface area contributed by atoms with Crippen LogP contribution in [0.2, 0.25) is 0 Å². The zero-order chi connectivity index (χ0) is 15.8. The highest BCUT2D eigenvalue weighted by Gasteiger charge is 2.49. The fourth-order valence-corrected chi connectivity index (χ4v) is 2.15. The van der Waals surface area contributed by atoms with Crippen molar-refractivity contribution in [2.24, 2.45) is 0 Å². The van der Waals surface area contributed by atoms with Gasteiger partial charge in [0.15, 0.2) is 0 Å². The molecule has 0 aliphatic carbocycles. The number of carboxylic acid groups (broad SMARTS) is 1. The molecule has 0 fully saturated rings. The first kappa shape index (κ1) is 15.3. The summed E-state index contributed by atoms with van der Waals surface area (Å²) in [4.78, 5) is 18.6. The van der Waals surface area contributed by atoms with E-state index in [0.717, 1.165) is 11.2 Å². The maximum absolute atomic E-state index is 12.3. The van der Waals surface area contributed by atoms with Crippen LogP contribution in [0.3, 0.4) is 0 Å². The van der Waals surface area contributed by atoms with Gasteiger partial charge in [-0.15, -0.1) is 0 Å². The van der Waals surface area contributed by atoms with E-state index in [0.29, 0.717) is 0 Å². The van der Waals surface area contributed by atoms with Gasteiger partial charge in [0, 0.05) is 12.1 Å². The van der Waals surface area contributed by atoms with Crippen molar-refractivity contribution in [1.82, 2.24) is 14.9 Å². The summed E-state index contributed by atoms with van der Waals surface area (Å²) in [7, 11) is -5.85. The Labute approximate surface area is 116 Å². The zero-order valence-electron chi connectivity index (χ0n) is 10.1. The second-order valence-electron chi connectivity index (χ2n) is 4.02. The van der Waals surface area contributed by atoms with E-state index in [2.05, 4.69) is 14.2 Å². The van der Waals surface area contributed by atoms with Crippen molar-refractivity contribution < 1.29 is 35.7 Å². The number of rotatable bonds is 2. The Balaban J connectivity index is 2.33. The molecule has 0 bridgehead atoms. The number of hydrogen-bond donors (Lipinski definition) is 0. The molecular weight excluding hydrogens is 319 g/mol. The Morgan fingerprint density at radius 1 is 1.38 bits per heavy atom. The van der Waals surface area contributed by atoms with Crippen LogP contribution in [0.5, 0.6) is 5.88 Å². The van der Waals surface area contributed by atoms with E-state index in [9.17, 15) is 31.5 Å². The minimum absolute atomic E-state index is 0.0165. The topological polar surface area (TPSA) is 113 Å². The maximum atomic E-state index is 12.3. The molecule has 116 valence electrons. The van der Waals surface area contributed by atoms with Crippen molar-refractivity contribution in [2.45, 2.75) is 18.5 Å². The van der Waals surface area contributed by atoms with Crippen molar-refractivity contribution in [3.8, 4) is 5.88 Å². The Bertz CT molecular complexity index is 676. The summed E-state index contributed by atoms with van der Waals surface area (Å²) in [6.45, 7) is -0.340. The predicted octanol–water partition coefficient (Wildman–Crippen LogP) is -0.594. The van der Waals surface area contributed by atoms with Crippen LogP contribution >= 0.6 is 0 Å². The lowest BCUT2D eigenvalue weighted by Gasteiger charge is -2.30. The molecule has 1 aromatic heterocycles. The summed E-state index contributed by atoms with van der Waals surface area (Å²) in [6, 6.07) is 0. The third kappa shape index (κ3) is 2.99. The summed E-state index contributed by atoms with van der Waals surface area (Å²) in [5, 5.41) is 10.7. The third-order valence-corrected chi connectivity index (χ3v) is 3.64. The molecule has 0 atom stereocenters. The summed E-state index contributed by atoms with van der Waals surface area (Å²) >= 11 is 0. The Morgan fingerprint density at radius 2 is 2.05 bits per heavy atom. The Morgan fingerprint density at radius 3 is 2.62 bits per heavy atom. The molecule has 1 aromatic rings. The van der Waals surface area contributed by atoms with Crippen LogP contribution in [0, 0.1) is 0 Å². The number of halogens is 3. The molecule has 2 rings (SSSR count). The molecule has 0 spiro atoms. The molecular formula is C9H7F3N3O5S-. The number of carbonyl (C=O) groups excluding carboxylic acids is 1. The van der Waals surface area contributed by atoms with Crippen molar-refractivity contribution in [2.75, 3.05) is 6.54 Å². The van der Waals surface area contributed by atoms with E-state index in [1.807, 2.05) is 0 Å². The highest BCUT2D eigenvalue weighted by molar-refractivity contribution is 7.87. The smallest absolute Gasteiger partial charge is 0.530 e. The van der Waals surface area contributed by atoms with Crippen LogP contribution in [-0.2, 0) is 23.1 Å². The van der Waals surface area contributed by atoms with Gasteiger partial charge in [-0.2, -0.15) is 21.6 Å². The monoisotopic (exact) mass is 326 g/mol. The molecule has 0 unspecified atom stereocenters. The molecule has 0 saturated heterocycles. The first-order valence-corrected chi connectivity index (χ1v) is 6.82. The average molecular weight is 326 g/mol. The molecule has 0 aromatic carbocycles. The lowest BCUT2D eigenvalue weighted by atomic mass is 10.1. The van der Waals surface area contributed by atoms with Crippen molar-refractivity contribution in [3.63, 3.8) is 0 Å². The lowest BCUT2D eigenvalue weighted by Crippen LogP contribution is -2.44. The van der Waals surface area contributed by atoms with Crippen molar-refractivity contribution in [3.05, 3.63) is 17.6 Å². The first-order chi connectivity index (χ1) is 9.62. The highest BCUT2D eigenvalue weighted by Crippen LogP contribution is 2.30. The number of nitrogens with zero attached hydrogens (tertiary/aromatic N) is 3. The van der Waals surface area contributed by atoms with E-state index in [-0.39, 0.29) is 30.8 Å². The number of aromatic nitrogens is 2. The lowest BCUT2D eigenvalue weighted by molar-refractivity contribution is -0.266. The minimum atomic E-state index is -5.85. The quantitative estimate of drug-likeness (QED) is 0.527. The number of fused-ring (bicyclic) bond motifs is 1. The van der Waals surface area contributed by atoms with Gasteiger partial charge in [-0.3, -0.25) is 0 Å². The van der Waals surface area contributed by atoms with Gasteiger partial charge in [0.25, 0.3) is 0 Å². The van der Waals surface area contributed by atoms with Crippen molar-refractivity contribution in [1.29, 1.82) is 0 Å². The fraction of sp³-hybridized carbons (Fsp3) is 0.444. The van der Waals surface area contributed by atoms with Gasteiger partial charge < -0.3 is 19.0 Å². The number of alkyl halides is 3. The maximum Gasteiger partial charge on any atom is 0.534 e. The molecule has 1 aliphatic rings. The summed E-state index contributed by atoms with van der Waals surface area (Å²) in [5.41, 5.74) is -5.51. The van der Waals surface area contributed by atoms with E-state index in [1.54, 1.807) is 0 Å². The van der Waals surface area contributed by atoms with Gasteiger partial charge in [0.05, 0.1) is 12.2 Å². The molecule has 1 amide bonds. The van der Waals surface area contributed by atoms with E-state index >= 15 is 0 Å². The van der Waals surface area contributed by atoms with Crippen LogP contribution in [0.4, 0.5) is 18.0 Å². The zero-order valence-corrected chi connectivity index (χ0v) is 10.9. The van der Waals surface area contributed by atoms with E-state index in [1.165, 1.54) is 0 Å². The molecule has 8 nitrogen and oxygen atoms in total. The van der Waals surface area contributed by atoms with Gasteiger partial charge in [-0.1, -0.05) is 0 Å².